The third-order valence-corrected chi connectivity index (χ3v) is 4.22. The molecule has 0 aliphatic rings. The van der Waals surface area contributed by atoms with E-state index in [0.717, 1.165) is 32.6 Å². The number of fused-ring (bicyclic) bond motifs is 1. The Balaban J connectivity index is 2.15. The highest BCUT2D eigenvalue weighted by Crippen LogP contribution is 2.33. The molecule has 0 radical (unpaired) electrons. The van der Waals surface area contributed by atoms with Crippen molar-refractivity contribution >= 4 is 21.4 Å². The minimum Gasteiger partial charge on any atom is -0.384 e. The molecule has 1 aromatic carbocycles. The van der Waals surface area contributed by atoms with E-state index in [4.69, 9.17) is 0 Å². The van der Waals surface area contributed by atoms with Crippen molar-refractivity contribution in [3.8, 4) is 0 Å². The molecule has 0 amide bonds. The number of aliphatic hydroxyl groups is 1. The standard InChI is InChI=1S/C15H14N2OS/c1-9-8-13(10(2)17-16-9)14(18)12-5-3-4-11-6-7-19-15(11)12/h3-8,14,18H,1-2H3. The molecule has 0 aliphatic carbocycles. The molecule has 0 saturated carbocycles. The van der Waals surface area contributed by atoms with Crippen molar-refractivity contribution in [2.24, 2.45) is 0 Å². The molecule has 96 valence electrons. The predicted octanol–water partition coefficient (Wildman–Crippen LogP) is 3.39. The lowest BCUT2D eigenvalue weighted by atomic mass is 9.99. The van der Waals surface area contributed by atoms with E-state index in [-0.39, 0.29) is 0 Å². The molecule has 3 aromatic rings. The van der Waals surface area contributed by atoms with Gasteiger partial charge in [0.15, 0.2) is 0 Å². The molecule has 2 heterocycles. The average molecular weight is 270 g/mol. The van der Waals surface area contributed by atoms with Crippen LogP contribution in [-0.4, -0.2) is 15.3 Å². The quantitative estimate of drug-likeness (QED) is 0.776. The van der Waals surface area contributed by atoms with Crippen molar-refractivity contribution < 1.29 is 5.11 Å². The van der Waals surface area contributed by atoms with Gasteiger partial charge in [0, 0.05) is 15.8 Å². The highest BCUT2D eigenvalue weighted by molar-refractivity contribution is 7.17. The molecule has 2 aromatic heterocycles. The molecule has 3 rings (SSSR count). The van der Waals surface area contributed by atoms with Crippen LogP contribution in [0.15, 0.2) is 35.7 Å². The van der Waals surface area contributed by atoms with Crippen molar-refractivity contribution in [1.82, 2.24) is 10.2 Å². The first-order valence-corrected chi connectivity index (χ1v) is 7.00. The predicted molar refractivity (Wildman–Crippen MR) is 77.4 cm³/mol. The van der Waals surface area contributed by atoms with Crippen LogP contribution in [-0.2, 0) is 0 Å². The lowest BCUT2D eigenvalue weighted by Gasteiger charge is -2.14. The van der Waals surface area contributed by atoms with Gasteiger partial charge < -0.3 is 5.11 Å². The van der Waals surface area contributed by atoms with Crippen LogP contribution in [0.3, 0.4) is 0 Å². The number of hydrogen-bond acceptors (Lipinski definition) is 4. The number of hydrogen-bond donors (Lipinski definition) is 1. The molecule has 19 heavy (non-hydrogen) atoms. The number of benzene rings is 1. The Morgan fingerprint density at radius 3 is 2.79 bits per heavy atom. The summed E-state index contributed by atoms with van der Waals surface area (Å²) in [6, 6.07) is 9.98. The number of aromatic nitrogens is 2. The summed E-state index contributed by atoms with van der Waals surface area (Å²) in [5.74, 6) is 0. The molecule has 0 spiro atoms. The SMILES string of the molecule is Cc1cc(C(O)c2cccc3ccsc23)c(C)nn1. The average Bonchev–Trinajstić information content (AvgIpc) is 2.89. The maximum absolute atomic E-state index is 10.7. The topological polar surface area (TPSA) is 46.0 Å². The number of aryl methyl sites for hydroxylation is 2. The molecular formula is C15H14N2OS. The van der Waals surface area contributed by atoms with E-state index >= 15 is 0 Å². The van der Waals surface area contributed by atoms with E-state index in [9.17, 15) is 5.11 Å². The first-order chi connectivity index (χ1) is 9.16. The zero-order valence-electron chi connectivity index (χ0n) is 10.8. The number of aliphatic hydroxyl groups excluding tert-OH is 1. The van der Waals surface area contributed by atoms with Crippen LogP contribution in [0.4, 0.5) is 0 Å². The van der Waals surface area contributed by atoms with Crippen LogP contribution in [0, 0.1) is 13.8 Å². The van der Waals surface area contributed by atoms with Gasteiger partial charge in [-0.2, -0.15) is 10.2 Å². The third-order valence-electron chi connectivity index (χ3n) is 3.24. The molecule has 1 N–H and O–H groups in total. The summed E-state index contributed by atoms with van der Waals surface area (Å²) in [4.78, 5) is 0. The second-order valence-electron chi connectivity index (χ2n) is 4.62. The molecule has 3 nitrogen and oxygen atoms in total. The zero-order valence-corrected chi connectivity index (χ0v) is 11.6. The van der Waals surface area contributed by atoms with Crippen LogP contribution in [0.1, 0.15) is 28.6 Å². The second kappa shape index (κ2) is 4.72. The Bertz CT molecular complexity index is 736. The van der Waals surface area contributed by atoms with E-state index in [0.29, 0.717) is 0 Å². The van der Waals surface area contributed by atoms with E-state index in [1.165, 1.54) is 0 Å². The maximum atomic E-state index is 10.7. The molecule has 1 atom stereocenters. The van der Waals surface area contributed by atoms with Crippen molar-refractivity contribution in [3.05, 3.63) is 58.2 Å². The Labute approximate surface area is 115 Å². The fraction of sp³-hybridized carbons (Fsp3) is 0.200. The van der Waals surface area contributed by atoms with E-state index in [1.54, 1.807) is 11.3 Å². The van der Waals surface area contributed by atoms with Gasteiger partial charge in [0.1, 0.15) is 6.10 Å². The molecule has 4 heteroatoms. The molecular weight excluding hydrogens is 256 g/mol. The van der Waals surface area contributed by atoms with Gasteiger partial charge in [-0.25, -0.2) is 0 Å². The zero-order chi connectivity index (χ0) is 13.4. The molecule has 0 bridgehead atoms. The first kappa shape index (κ1) is 12.3. The fourth-order valence-electron chi connectivity index (χ4n) is 2.25. The smallest absolute Gasteiger partial charge is 0.107 e. The Hall–Kier alpha value is -1.78. The second-order valence-corrected chi connectivity index (χ2v) is 5.53. The summed E-state index contributed by atoms with van der Waals surface area (Å²) in [6.07, 6.45) is -0.656. The Kier molecular flexibility index (Phi) is 3.05. The van der Waals surface area contributed by atoms with E-state index in [1.807, 2.05) is 37.4 Å². The minimum atomic E-state index is -0.656. The summed E-state index contributed by atoms with van der Waals surface area (Å²) in [7, 11) is 0. The Morgan fingerprint density at radius 1 is 1.11 bits per heavy atom. The van der Waals surface area contributed by atoms with Crippen molar-refractivity contribution in [3.63, 3.8) is 0 Å². The van der Waals surface area contributed by atoms with E-state index in [2.05, 4.69) is 22.3 Å². The highest BCUT2D eigenvalue weighted by Gasteiger charge is 2.17. The summed E-state index contributed by atoms with van der Waals surface area (Å²) in [5.41, 5.74) is 3.35. The normalized spacial score (nSPS) is 12.8. The van der Waals surface area contributed by atoms with Gasteiger partial charge in [-0.15, -0.1) is 11.3 Å². The van der Waals surface area contributed by atoms with Gasteiger partial charge in [-0.05, 0) is 36.7 Å². The summed E-state index contributed by atoms with van der Waals surface area (Å²) in [5, 5.41) is 22.0. The van der Waals surface area contributed by atoms with Crippen LogP contribution < -0.4 is 0 Å². The van der Waals surface area contributed by atoms with Crippen LogP contribution in [0.2, 0.25) is 0 Å². The lowest BCUT2D eigenvalue weighted by molar-refractivity contribution is 0.220. The summed E-state index contributed by atoms with van der Waals surface area (Å²) < 4.78 is 1.13. The van der Waals surface area contributed by atoms with Crippen molar-refractivity contribution in [2.75, 3.05) is 0 Å². The summed E-state index contributed by atoms with van der Waals surface area (Å²) >= 11 is 1.65. The van der Waals surface area contributed by atoms with Gasteiger partial charge in [0.05, 0.1) is 11.4 Å². The number of nitrogens with zero attached hydrogens (tertiary/aromatic N) is 2. The van der Waals surface area contributed by atoms with E-state index < -0.39 is 6.10 Å². The molecule has 0 saturated heterocycles. The monoisotopic (exact) mass is 270 g/mol. The Morgan fingerprint density at radius 2 is 1.95 bits per heavy atom. The minimum absolute atomic E-state index is 0.656. The molecule has 1 unspecified atom stereocenters. The van der Waals surface area contributed by atoms with Crippen LogP contribution >= 0.6 is 11.3 Å². The van der Waals surface area contributed by atoms with Crippen LogP contribution in [0.5, 0.6) is 0 Å². The van der Waals surface area contributed by atoms with Crippen molar-refractivity contribution in [1.29, 1.82) is 0 Å². The maximum Gasteiger partial charge on any atom is 0.107 e. The number of thiophene rings is 1. The van der Waals surface area contributed by atoms with Gasteiger partial charge in [0.2, 0.25) is 0 Å². The highest BCUT2D eigenvalue weighted by atomic mass is 32.1. The van der Waals surface area contributed by atoms with Gasteiger partial charge in [-0.1, -0.05) is 18.2 Å². The van der Waals surface area contributed by atoms with Gasteiger partial charge >= 0.3 is 0 Å². The molecule has 0 fully saturated rings. The third kappa shape index (κ3) is 2.13. The van der Waals surface area contributed by atoms with Crippen molar-refractivity contribution in [2.45, 2.75) is 20.0 Å². The van der Waals surface area contributed by atoms with Gasteiger partial charge in [-0.3, -0.25) is 0 Å². The molecule has 0 aliphatic heterocycles. The fourth-order valence-corrected chi connectivity index (χ4v) is 3.18. The lowest BCUT2D eigenvalue weighted by Crippen LogP contribution is -2.05. The van der Waals surface area contributed by atoms with Gasteiger partial charge in [0.25, 0.3) is 0 Å². The first-order valence-electron chi connectivity index (χ1n) is 6.12. The van der Waals surface area contributed by atoms with Crippen LogP contribution in [0.25, 0.3) is 10.1 Å². The number of rotatable bonds is 2. The largest absolute Gasteiger partial charge is 0.384 e. The summed E-state index contributed by atoms with van der Waals surface area (Å²) in [6.45, 7) is 3.76.